The number of rotatable bonds is 6. The SMILES string of the molecule is O=C(O)CNC(=O)c1nc(-c2ccc(N3CCOCC3)cc2)c2sc(-c3ccccc3)nc2c1O. The van der Waals surface area contributed by atoms with Crippen LogP contribution in [0.4, 0.5) is 5.69 Å². The van der Waals surface area contributed by atoms with Crippen molar-refractivity contribution in [3.05, 3.63) is 60.3 Å². The summed E-state index contributed by atoms with van der Waals surface area (Å²) in [5.74, 6) is -2.36. The lowest BCUT2D eigenvalue weighted by molar-refractivity contribution is -0.135. The van der Waals surface area contributed by atoms with Crippen LogP contribution in [0.2, 0.25) is 0 Å². The molecule has 1 saturated heterocycles. The number of hydrogen-bond acceptors (Lipinski definition) is 8. The highest BCUT2D eigenvalue weighted by Crippen LogP contribution is 2.41. The van der Waals surface area contributed by atoms with Crippen molar-refractivity contribution in [1.29, 1.82) is 0 Å². The molecule has 0 unspecified atom stereocenters. The van der Waals surface area contributed by atoms with Gasteiger partial charge in [0, 0.05) is 29.9 Å². The largest absolute Gasteiger partial charge is 0.504 e. The number of amides is 1. The smallest absolute Gasteiger partial charge is 0.322 e. The van der Waals surface area contributed by atoms with Gasteiger partial charge in [-0.2, -0.15) is 0 Å². The van der Waals surface area contributed by atoms with E-state index in [0.29, 0.717) is 28.6 Å². The van der Waals surface area contributed by atoms with Gasteiger partial charge in [-0.05, 0) is 12.1 Å². The van der Waals surface area contributed by atoms with Crippen LogP contribution in [0.1, 0.15) is 10.5 Å². The first-order chi connectivity index (χ1) is 17.0. The fraction of sp³-hybridized carbons (Fsp3) is 0.200. The van der Waals surface area contributed by atoms with Crippen LogP contribution in [0.5, 0.6) is 5.75 Å². The number of ether oxygens (including phenoxy) is 1. The molecule has 1 aliphatic heterocycles. The van der Waals surface area contributed by atoms with E-state index in [1.165, 1.54) is 11.3 Å². The van der Waals surface area contributed by atoms with Gasteiger partial charge in [-0.1, -0.05) is 42.5 Å². The van der Waals surface area contributed by atoms with Gasteiger partial charge in [-0.25, -0.2) is 9.97 Å². The van der Waals surface area contributed by atoms with Crippen LogP contribution in [-0.2, 0) is 9.53 Å². The number of thiazole rings is 1. The third-order valence-electron chi connectivity index (χ3n) is 5.67. The van der Waals surface area contributed by atoms with Gasteiger partial charge in [0.15, 0.2) is 11.4 Å². The molecule has 1 fully saturated rings. The third-order valence-corrected chi connectivity index (χ3v) is 6.78. The van der Waals surface area contributed by atoms with E-state index in [1.54, 1.807) is 0 Å². The molecule has 4 aromatic rings. The summed E-state index contributed by atoms with van der Waals surface area (Å²) >= 11 is 1.37. The average Bonchev–Trinajstić information content (AvgIpc) is 3.35. The van der Waals surface area contributed by atoms with E-state index in [9.17, 15) is 14.7 Å². The van der Waals surface area contributed by atoms with Gasteiger partial charge in [-0.3, -0.25) is 9.59 Å². The van der Waals surface area contributed by atoms with Crippen molar-refractivity contribution >= 4 is 39.1 Å². The monoisotopic (exact) mass is 490 g/mol. The molecule has 1 amide bonds. The van der Waals surface area contributed by atoms with E-state index < -0.39 is 18.4 Å². The Bertz CT molecular complexity index is 1380. The Balaban J connectivity index is 1.61. The van der Waals surface area contributed by atoms with Gasteiger partial charge in [0.2, 0.25) is 0 Å². The van der Waals surface area contributed by atoms with Crippen molar-refractivity contribution in [1.82, 2.24) is 15.3 Å². The first kappa shape index (κ1) is 22.8. The number of pyridine rings is 1. The standard InChI is InChI=1S/C25H22N4O5S/c30-18(31)14-26-24(33)21-22(32)20-23(35-25(28-20)16-4-2-1-3-5-16)19(27-21)15-6-8-17(9-7-15)29-10-12-34-13-11-29/h1-9,32H,10-14H2,(H,26,33)(H,30,31). The van der Waals surface area contributed by atoms with E-state index in [1.807, 2.05) is 54.6 Å². The zero-order valence-corrected chi connectivity index (χ0v) is 19.4. The van der Waals surface area contributed by atoms with Gasteiger partial charge in [0.25, 0.3) is 5.91 Å². The van der Waals surface area contributed by atoms with Crippen LogP contribution in [0, 0.1) is 0 Å². The average molecular weight is 491 g/mol. The summed E-state index contributed by atoms with van der Waals surface area (Å²) in [6, 6.07) is 17.4. The summed E-state index contributed by atoms with van der Waals surface area (Å²) in [7, 11) is 0. The minimum atomic E-state index is -1.20. The lowest BCUT2D eigenvalue weighted by atomic mass is 10.1. The molecule has 0 aliphatic carbocycles. The maximum absolute atomic E-state index is 12.7. The highest BCUT2D eigenvalue weighted by molar-refractivity contribution is 7.22. The fourth-order valence-electron chi connectivity index (χ4n) is 3.92. The van der Waals surface area contributed by atoms with Crippen LogP contribution in [0.3, 0.4) is 0 Å². The van der Waals surface area contributed by atoms with Crippen molar-refractivity contribution in [2.24, 2.45) is 0 Å². The number of nitrogens with zero attached hydrogens (tertiary/aromatic N) is 3. The molecule has 0 bridgehead atoms. The number of aromatic nitrogens is 2. The number of nitrogens with one attached hydrogen (secondary N) is 1. The summed E-state index contributed by atoms with van der Waals surface area (Å²) in [5, 5.41) is 22.8. The van der Waals surface area contributed by atoms with E-state index >= 15 is 0 Å². The summed E-state index contributed by atoms with van der Waals surface area (Å²) in [4.78, 5) is 34.9. The van der Waals surface area contributed by atoms with Crippen molar-refractivity contribution in [3.63, 3.8) is 0 Å². The Morgan fingerprint density at radius 3 is 2.40 bits per heavy atom. The second-order valence-corrected chi connectivity index (χ2v) is 8.94. The van der Waals surface area contributed by atoms with Gasteiger partial charge in [-0.15, -0.1) is 11.3 Å². The number of anilines is 1. The molecular weight excluding hydrogens is 468 g/mol. The number of morpholine rings is 1. The van der Waals surface area contributed by atoms with E-state index in [-0.39, 0.29) is 17.0 Å². The molecule has 35 heavy (non-hydrogen) atoms. The quantitative estimate of drug-likeness (QED) is 0.376. The number of carbonyl (C=O) groups is 2. The highest BCUT2D eigenvalue weighted by Gasteiger charge is 2.24. The molecule has 1 aliphatic rings. The Labute approximate surface area is 204 Å². The fourth-order valence-corrected chi connectivity index (χ4v) is 5.00. The maximum atomic E-state index is 12.7. The molecule has 0 radical (unpaired) electrons. The number of aromatic hydroxyl groups is 1. The predicted octanol–water partition coefficient (Wildman–Crippen LogP) is 3.38. The summed E-state index contributed by atoms with van der Waals surface area (Å²) in [6.45, 7) is 2.39. The second kappa shape index (κ2) is 9.69. The number of carboxylic acids is 1. The Morgan fingerprint density at radius 1 is 1.00 bits per heavy atom. The van der Waals surface area contributed by atoms with Crippen molar-refractivity contribution in [2.45, 2.75) is 0 Å². The summed E-state index contributed by atoms with van der Waals surface area (Å²) in [6.07, 6.45) is 0. The van der Waals surface area contributed by atoms with Gasteiger partial charge in [0.05, 0.1) is 23.6 Å². The van der Waals surface area contributed by atoms with Crippen molar-refractivity contribution < 1.29 is 24.5 Å². The van der Waals surface area contributed by atoms with Crippen LogP contribution >= 0.6 is 11.3 Å². The predicted molar refractivity (Wildman–Crippen MR) is 133 cm³/mol. The maximum Gasteiger partial charge on any atom is 0.322 e. The summed E-state index contributed by atoms with van der Waals surface area (Å²) in [5.41, 5.74) is 3.15. The third kappa shape index (κ3) is 4.66. The van der Waals surface area contributed by atoms with E-state index in [0.717, 1.165) is 29.9 Å². The molecule has 9 nitrogen and oxygen atoms in total. The van der Waals surface area contributed by atoms with Gasteiger partial charge in [0.1, 0.15) is 17.1 Å². The molecule has 3 heterocycles. The number of carboxylic acid groups (broad SMARTS) is 1. The summed E-state index contributed by atoms with van der Waals surface area (Å²) < 4.78 is 6.06. The minimum Gasteiger partial charge on any atom is -0.504 e. The molecule has 178 valence electrons. The van der Waals surface area contributed by atoms with Gasteiger partial charge < -0.3 is 25.2 Å². The number of benzene rings is 2. The Hall–Kier alpha value is -4.02. The molecule has 0 atom stereocenters. The molecule has 0 saturated carbocycles. The first-order valence-corrected chi connectivity index (χ1v) is 11.8. The second-order valence-electron chi connectivity index (χ2n) is 7.94. The zero-order valence-electron chi connectivity index (χ0n) is 18.6. The van der Waals surface area contributed by atoms with Crippen LogP contribution in [0.15, 0.2) is 54.6 Å². The number of fused-ring (bicyclic) bond motifs is 1. The number of carbonyl (C=O) groups excluding carboxylic acids is 1. The molecule has 5 rings (SSSR count). The molecule has 0 spiro atoms. The number of hydrogen-bond donors (Lipinski definition) is 3. The van der Waals surface area contributed by atoms with Crippen molar-refractivity contribution in [3.8, 4) is 27.6 Å². The Morgan fingerprint density at radius 2 is 1.71 bits per heavy atom. The Kier molecular flexibility index (Phi) is 6.30. The highest BCUT2D eigenvalue weighted by atomic mass is 32.1. The molecule has 10 heteroatoms. The molecule has 2 aromatic carbocycles. The van der Waals surface area contributed by atoms with Gasteiger partial charge >= 0.3 is 5.97 Å². The lowest BCUT2D eigenvalue weighted by Crippen LogP contribution is -2.36. The molecule has 3 N–H and O–H groups in total. The van der Waals surface area contributed by atoms with Crippen molar-refractivity contribution in [2.75, 3.05) is 37.7 Å². The number of aliphatic carboxylic acids is 1. The normalized spacial score (nSPS) is 13.7. The molecule has 2 aromatic heterocycles. The van der Waals surface area contributed by atoms with E-state index in [4.69, 9.17) is 9.84 Å². The van der Waals surface area contributed by atoms with Crippen LogP contribution in [-0.4, -0.2) is 64.9 Å². The van der Waals surface area contributed by atoms with Crippen LogP contribution in [0.25, 0.3) is 32.0 Å². The lowest BCUT2D eigenvalue weighted by Gasteiger charge is -2.28. The van der Waals surface area contributed by atoms with E-state index in [2.05, 4.69) is 20.2 Å². The minimum absolute atomic E-state index is 0.247. The zero-order chi connectivity index (χ0) is 24.4. The molecular formula is C25H22N4O5S. The topological polar surface area (TPSA) is 125 Å². The van der Waals surface area contributed by atoms with Crippen LogP contribution < -0.4 is 10.2 Å². The first-order valence-electron chi connectivity index (χ1n) is 11.0.